The van der Waals surface area contributed by atoms with E-state index in [0.29, 0.717) is 19.4 Å². The summed E-state index contributed by atoms with van der Waals surface area (Å²) >= 11 is 0. The lowest BCUT2D eigenvalue weighted by Crippen LogP contribution is -2.39. The molecule has 14 heavy (non-hydrogen) atoms. The van der Waals surface area contributed by atoms with Crippen molar-refractivity contribution in [2.45, 2.75) is 51.7 Å². The molecule has 4 heteroatoms. The van der Waals surface area contributed by atoms with Crippen LogP contribution in [0.3, 0.4) is 0 Å². The number of carbonyl (C=O) groups is 1. The number of hydrogen-bond donors (Lipinski definition) is 3. The van der Waals surface area contributed by atoms with Gasteiger partial charge in [-0.2, -0.15) is 0 Å². The monoisotopic (exact) mass is 203 g/mol. The van der Waals surface area contributed by atoms with E-state index < -0.39 is 17.6 Å². The van der Waals surface area contributed by atoms with Crippen molar-refractivity contribution in [3.05, 3.63) is 0 Å². The molecule has 0 amide bonds. The normalized spacial score (nSPS) is 14.0. The Kier molecular flexibility index (Phi) is 5.72. The van der Waals surface area contributed by atoms with E-state index in [9.17, 15) is 9.90 Å². The van der Waals surface area contributed by atoms with Crippen molar-refractivity contribution < 1.29 is 15.0 Å². The summed E-state index contributed by atoms with van der Waals surface area (Å²) in [7, 11) is 0. The molecule has 0 bridgehead atoms. The first kappa shape index (κ1) is 13.4. The zero-order valence-electron chi connectivity index (χ0n) is 9.21. The highest BCUT2D eigenvalue weighted by Gasteiger charge is 2.17. The molecular weight excluding hydrogens is 182 g/mol. The first-order chi connectivity index (χ1) is 6.37. The topological polar surface area (TPSA) is 69.6 Å². The first-order valence-electron chi connectivity index (χ1n) is 5.05. The molecule has 1 atom stereocenters. The van der Waals surface area contributed by atoms with Gasteiger partial charge in [-0.3, -0.25) is 4.79 Å². The van der Waals surface area contributed by atoms with Crippen molar-refractivity contribution in [1.29, 1.82) is 0 Å². The van der Waals surface area contributed by atoms with E-state index in [1.807, 2.05) is 6.92 Å². The minimum Gasteiger partial charge on any atom is -0.480 e. The highest BCUT2D eigenvalue weighted by molar-refractivity contribution is 5.73. The Morgan fingerprint density at radius 2 is 2.07 bits per heavy atom. The average Bonchev–Trinajstić information content (AvgIpc) is 2.00. The molecular formula is C10H21NO3. The van der Waals surface area contributed by atoms with E-state index in [4.69, 9.17) is 5.11 Å². The third-order valence-corrected chi connectivity index (χ3v) is 2.00. The van der Waals surface area contributed by atoms with Gasteiger partial charge in [-0.25, -0.2) is 0 Å². The molecule has 0 aliphatic heterocycles. The van der Waals surface area contributed by atoms with Crippen LogP contribution in [0.15, 0.2) is 0 Å². The van der Waals surface area contributed by atoms with Crippen molar-refractivity contribution in [1.82, 2.24) is 5.32 Å². The molecule has 0 radical (unpaired) electrons. The van der Waals surface area contributed by atoms with E-state index >= 15 is 0 Å². The second kappa shape index (κ2) is 5.98. The Balaban J connectivity index is 3.77. The first-order valence-corrected chi connectivity index (χ1v) is 5.05. The SMILES string of the molecule is CCCC(NCCC(C)(C)O)C(=O)O. The Hall–Kier alpha value is -0.610. The molecule has 0 fully saturated rings. The van der Waals surface area contributed by atoms with Crippen LogP contribution in [0.2, 0.25) is 0 Å². The van der Waals surface area contributed by atoms with Crippen LogP contribution in [0.4, 0.5) is 0 Å². The number of aliphatic hydroxyl groups is 1. The van der Waals surface area contributed by atoms with Gasteiger partial charge >= 0.3 is 5.97 Å². The largest absolute Gasteiger partial charge is 0.480 e. The number of rotatable bonds is 7. The van der Waals surface area contributed by atoms with Crippen molar-refractivity contribution in [2.24, 2.45) is 0 Å². The molecule has 0 aromatic carbocycles. The molecule has 0 spiro atoms. The van der Waals surface area contributed by atoms with Crippen molar-refractivity contribution in [2.75, 3.05) is 6.54 Å². The summed E-state index contributed by atoms with van der Waals surface area (Å²) in [5, 5.41) is 21.1. The van der Waals surface area contributed by atoms with E-state index in [0.717, 1.165) is 6.42 Å². The molecule has 0 saturated heterocycles. The highest BCUT2D eigenvalue weighted by atomic mass is 16.4. The molecule has 3 N–H and O–H groups in total. The van der Waals surface area contributed by atoms with Crippen LogP contribution in [-0.2, 0) is 4.79 Å². The third kappa shape index (κ3) is 6.86. The molecule has 0 saturated carbocycles. The van der Waals surface area contributed by atoms with E-state index in [-0.39, 0.29) is 0 Å². The Labute approximate surface area is 85.3 Å². The number of carboxylic acid groups (broad SMARTS) is 1. The summed E-state index contributed by atoms with van der Waals surface area (Å²) in [5.41, 5.74) is -0.734. The summed E-state index contributed by atoms with van der Waals surface area (Å²) < 4.78 is 0. The molecule has 0 heterocycles. The molecule has 84 valence electrons. The summed E-state index contributed by atoms with van der Waals surface area (Å²) in [4.78, 5) is 10.7. The average molecular weight is 203 g/mol. The minimum atomic E-state index is -0.817. The van der Waals surface area contributed by atoms with Gasteiger partial charge in [-0.05, 0) is 33.2 Å². The van der Waals surface area contributed by atoms with Crippen molar-refractivity contribution in [3.8, 4) is 0 Å². The van der Waals surface area contributed by atoms with Crippen molar-refractivity contribution >= 4 is 5.97 Å². The fourth-order valence-electron chi connectivity index (χ4n) is 1.15. The molecule has 0 aromatic rings. The predicted molar refractivity (Wildman–Crippen MR) is 55.2 cm³/mol. The van der Waals surface area contributed by atoms with Gasteiger partial charge in [0, 0.05) is 0 Å². The fraction of sp³-hybridized carbons (Fsp3) is 0.900. The van der Waals surface area contributed by atoms with Crippen LogP contribution in [-0.4, -0.2) is 34.4 Å². The smallest absolute Gasteiger partial charge is 0.320 e. The summed E-state index contributed by atoms with van der Waals surface area (Å²) in [6.45, 7) is 5.91. The van der Waals surface area contributed by atoms with Crippen LogP contribution in [0, 0.1) is 0 Å². The van der Waals surface area contributed by atoms with Gasteiger partial charge in [0.1, 0.15) is 6.04 Å². The lowest BCUT2D eigenvalue weighted by Gasteiger charge is -2.19. The summed E-state index contributed by atoms with van der Waals surface area (Å²) in [6.07, 6.45) is 2.02. The van der Waals surface area contributed by atoms with Crippen LogP contribution in [0.1, 0.15) is 40.0 Å². The number of carboxylic acids is 1. The molecule has 0 rings (SSSR count). The minimum absolute atomic E-state index is 0.484. The summed E-state index contributed by atoms with van der Waals surface area (Å²) in [5.74, 6) is -0.817. The van der Waals surface area contributed by atoms with E-state index in [2.05, 4.69) is 5.32 Å². The molecule has 0 aliphatic rings. The van der Waals surface area contributed by atoms with Gasteiger partial charge in [0.2, 0.25) is 0 Å². The zero-order valence-corrected chi connectivity index (χ0v) is 9.21. The van der Waals surface area contributed by atoms with Gasteiger partial charge < -0.3 is 15.5 Å². The summed E-state index contributed by atoms with van der Waals surface area (Å²) in [6, 6.07) is -0.484. The Morgan fingerprint density at radius 1 is 1.50 bits per heavy atom. The second-order valence-electron chi connectivity index (χ2n) is 4.20. The number of aliphatic carboxylic acids is 1. The van der Waals surface area contributed by atoms with Crippen LogP contribution in [0.5, 0.6) is 0 Å². The second-order valence-corrected chi connectivity index (χ2v) is 4.20. The lowest BCUT2D eigenvalue weighted by molar-refractivity contribution is -0.139. The Morgan fingerprint density at radius 3 is 2.43 bits per heavy atom. The van der Waals surface area contributed by atoms with E-state index in [1.165, 1.54) is 0 Å². The predicted octanol–water partition coefficient (Wildman–Crippen LogP) is 0.990. The Bertz CT molecular complexity index is 175. The van der Waals surface area contributed by atoms with Crippen LogP contribution in [0.25, 0.3) is 0 Å². The van der Waals surface area contributed by atoms with Crippen molar-refractivity contribution in [3.63, 3.8) is 0 Å². The number of nitrogens with one attached hydrogen (secondary N) is 1. The van der Waals surface area contributed by atoms with Gasteiger partial charge in [0.05, 0.1) is 5.60 Å². The lowest BCUT2D eigenvalue weighted by atomic mass is 10.1. The molecule has 1 unspecified atom stereocenters. The third-order valence-electron chi connectivity index (χ3n) is 2.00. The number of hydrogen-bond acceptors (Lipinski definition) is 3. The van der Waals surface area contributed by atoms with Gasteiger partial charge in [0.25, 0.3) is 0 Å². The molecule has 0 aromatic heterocycles. The van der Waals surface area contributed by atoms with Gasteiger partial charge in [-0.15, -0.1) is 0 Å². The van der Waals surface area contributed by atoms with Crippen LogP contribution >= 0.6 is 0 Å². The van der Waals surface area contributed by atoms with Gasteiger partial charge in [0.15, 0.2) is 0 Å². The zero-order chi connectivity index (χ0) is 11.2. The maximum atomic E-state index is 10.7. The maximum Gasteiger partial charge on any atom is 0.320 e. The molecule has 4 nitrogen and oxygen atoms in total. The van der Waals surface area contributed by atoms with Gasteiger partial charge in [-0.1, -0.05) is 13.3 Å². The molecule has 0 aliphatic carbocycles. The highest BCUT2D eigenvalue weighted by Crippen LogP contribution is 2.06. The quantitative estimate of drug-likeness (QED) is 0.577. The maximum absolute atomic E-state index is 10.7. The standard InChI is InChI=1S/C10H21NO3/c1-4-5-8(9(12)13)11-7-6-10(2,3)14/h8,11,14H,4-7H2,1-3H3,(H,12,13). The van der Waals surface area contributed by atoms with Crippen LogP contribution < -0.4 is 5.32 Å². The fourth-order valence-corrected chi connectivity index (χ4v) is 1.15. The van der Waals surface area contributed by atoms with E-state index in [1.54, 1.807) is 13.8 Å².